The predicted molar refractivity (Wildman–Crippen MR) is 76.7 cm³/mol. The number of hydrogen-bond acceptors (Lipinski definition) is 2. The fourth-order valence-electron chi connectivity index (χ4n) is 2.03. The minimum absolute atomic E-state index is 0.695. The second kappa shape index (κ2) is 6.10. The lowest BCUT2D eigenvalue weighted by atomic mass is 10.2. The molecule has 0 bridgehead atoms. The Labute approximate surface area is 109 Å². The van der Waals surface area contributed by atoms with Crippen LogP contribution >= 0.6 is 0 Å². The van der Waals surface area contributed by atoms with E-state index in [9.17, 15) is 0 Å². The molecule has 0 fully saturated rings. The minimum Gasteiger partial charge on any atom is -0.494 e. The van der Waals surface area contributed by atoms with Crippen molar-refractivity contribution in [2.75, 3.05) is 18.1 Å². The fraction of sp³-hybridized carbons (Fsp3) is 0.250. The molecule has 0 saturated heterocycles. The maximum atomic E-state index is 5.55. The number of anilines is 2. The van der Waals surface area contributed by atoms with Gasteiger partial charge >= 0.3 is 0 Å². The molecule has 0 amide bonds. The summed E-state index contributed by atoms with van der Waals surface area (Å²) in [6, 6.07) is 18.6. The molecule has 0 atom stereocenters. The van der Waals surface area contributed by atoms with Gasteiger partial charge in [-0.3, -0.25) is 0 Å². The van der Waals surface area contributed by atoms with Crippen molar-refractivity contribution >= 4 is 11.4 Å². The van der Waals surface area contributed by atoms with Gasteiger partial charge in [-0.25, -0.2) is 0 Å². The van der Waals surface area contributed by atoms with Crippen LogP contribution in [-0.4, -0.2) is 13.2 Å². The van der Waals surface area contributed by atoms with Crippen molar-refractivity contribution in [2.24, 2.45) is 0 Å². The van der Waals surface area contributed by atoms with E-state index < -0.39 is 0 Å². The highest BCUT2D eigenvalue weighted by molar-refractivity contribution is 5.64. The molecule has 0 N–H and O–H groups in total. The van der Waals surface area contributed by atoms with E-state index in [1.807, 2.05) is 25.1 Å². The molecule has 0 spiro atoms. The van der Waals surface area contributed by atoms with Crippen LogP contribution in [0.15, 0.2) is 54.6 Å². The zero-order chi connectivity index (χ0) is 12.8. The molecule has 2 aromatic carbocycles. The first-order valence-electron chi connectivity index (χ1n) is 6.40. The molecular weight excluding hydrogens is 222 g/mol. The van der Waals surface area contributed by atoms with Crippen LogP contribution in [0.5, 0.6) is 5.75 Å². The highest BCUT2D eigenvalue weighted by Crippen LogP contribution is 2.27. The standard InChI is InChI=1S/C16H19NO/c1-3-17(14-9-6-5-7-10-14)15-11-8-12-16(13-15)18-4-2/h5-13H,3-4H2,1-2H3. The van der Waals surface area contributed by atoms with Crippen LogP contribution < -0.4 is 9.64 Å². The summed E-state index contributed by atoms with van der Waals surface area (Å²) < 4.78 is 5.55. The SMILES string of the molecule is CCOc1cccc(N(CC)c2ccccc2)c1. The lowest BCUT2D eigenvalue weighted by Crippen LogP contribution is -2.15. The van der Waals surface area contributed by atoms with Crippen molar-refractivity contribution in [3.8, 4) is 5.75 Å². The quantitative estimate of drug-likeness (QED) is 0.776. The van der Waals surface area contributed by atoms with Gasteiger partial charge < -0.3 is 9.64 Å². The average Bonchev–Trinajstić information content (AvgIpc) is 2.42. The first-order chi connectivity index (χ1) is 8.85. The minimum atomic E-state index is 0.695. The van der Waals surface area contributed by atoms with Crippen LogP contribution in [0.1, 0.15) is 13.8 Å². The van der Waals surface area contributed by atoms with Crippen LogP contribution in [0.4, 0.5) is 11.4 Å². The van der Waals surface area contributed by atoms with E-state index >= 15 is 0 Å². The van der Waals surface area contributed by atoms with Gasteiger partial charge in [0.2, 0.25) is 0 Å². The van der Waals surface area contributed by atoms with Gasteiger partial charge in [-0.2, -0.15) is 0 Å². The van der Waals surface area contributed by atoms with Gasteiger partial charge in [0.05, 0.1) is 6.61 Å². The molecular formula is C16H19NO. The van der Waals surface area contributed by atoms with Gasteiger partial charge in [0.25, 0.3) is 0 Å². The van der Waals surface area contributed by atoms with E-state index in [-0.39, 0.29) is 0 Å². The van der Waals surface area contributed by atoms with Crippen LogP contribution in [0.3, 0.4) is 0 Å². The second-order valence-corrected chi connectivity index (χ2v) is 4.01. The summed E-state index contributed by atoms with van der Waals surface area (Å²) in [5.74, 6) is 0.921. The largest absolute Gasteiger partial charge is 0.494 e. The number of para-hydroxylation sites is 1. The second-order valence-electron chi connectivity index (χ2n) is 4.01. The zero-order valence-electron chi connectivity index (χ0n) is 11.0. The summed E-state index contributed by atoms with van der Waals surface area (Å²) in [6.07, 6.45) is 0. The fourth-order valence-corrected chi connectivity index (χ4v) is 2.03. The molecule has 0 aliphatic heterocycles. The molecule has 18 heavy (non-hydrogen) atoms. The van der Waals surface area contributed by atoms with Gasteiger partial charge in [0, 0.05) is 24.0 Å². The summed E-state index contributed by atoms with van der Waals surface area (Å²) in [6.45, 7) is 5.78. The van der Waals surface area contributed by atoms with Crippen molar-refractivity contribution in [2.45, 2.75) is 13.8 Å². The number of ether oxygens (including phenoxy) is 1. The Hall–Kier alpha value is -1.96. The van der Waals surface area contributed by atoms with Gasteiger partial charge in [-0.05, 0) is 38.1 Å². The molecule has 0 radical (unpaired) electrons. The zero-order valence-corrected chi connectivity index (χ0v) is 11.0. The van der Waals surface area contributed by atoms with Crippen LogP contribution in [0.25, 0.3) is 0 Å². The molecule has 0 saturated carbocycles. The monoisotopic (exact) mass is 241 g/mol. The van der Waals surface area contributed by atoms with Crippen LogP contribution in [0, 0.1) is 0 Å². The molecule has 2 aromatic rings. The Morgan fingerprint density at radius 2 is 1.61 bits per heavy atom. The van der Waals surface area contributed by atoms with Crippen molar-refractivity contribution in [3.05, 3.63) is 54.6 Å². The van der Waals surface area contributed by atoms with E-state index in [1.165, 1.54) is 5.69 Å². The van der Waals surface area contributed by atoms with Crippen LogP contribution in [-0.2, 0) is 0 Å². The topological polar surface area (TPSA) is 12.5 Å². The third-order valence-electron chi connectivity index (χ3n) is 2.82. The van der Waals surface area contributed by atoms with E-state index in [0.29, 0.717) is 6.61 Å². The average molecular weight is 241 g/mol. The van der Waals surface area contributed by atoms with Crippen LogP contribution in [0.2, 0.25) is 0 Å². The maximum Gasteiger partial charge on any atom is 0.121 e. The van der Waals surface area contributed by atoms with Gasteiger partial charge in [-0.1, -0.05) is 24.3 Å². The summed E-state index contributed by atoms with van der Waals surface area (Å²) in [7, 11) is 0. The third kappa shape index (κ3) is 2.83. The van der Waals surface area contributed by atoms with E-state index in [1.54, 1.807) is 0 Å². The van der Waals surface area contributed by atoms with E-state index in [2.05, 4.69) is 48.2 Å². The summed E-state index contributed by atoms with van der Waals surface area (Å²) in [5.41, 5.74) is 2.36. The first kappa shape index (κ1) is 12.5. The lowest BCUT2D eigenvalue weighted by Gasteiger charge is -2.23. The smallest absolute Gasteiger partial charge is 0.121 e. The Bertz CT molecular complexity index is 481. The molecule has 2 nitrogen and oxygen atoms in total. The van der Waals surface area contributed by atoms with Crippen molar-refractivity contribution in [1.29, 1.82) is 0 Å². The summed E-state index contributed by atoms with van der Waals surface area (Å²) >= 11 is 0. The summed E-state index contributed by atoms with van der Waals surface area (Å²) in [4.78, 5) is 2.27. The normalized spacial score (nSPS) is 10.1. The summed E-state index contributed by atoms with van der Waals surface area (Å²) in [5, 5.41) is 0. The van der Waals surface area contributed by atoms with Crippen molar-refractivity contribution in [1.82, 2.24) is 0 Å². The molecule has 0 aromatic heterocycles. The molecule has 2 heteroatoms. The van der Waals surface area contributed by atoms with Gasteiger partial charge in [0.1, 0.15) is 5.75 Å². The Morgan fingerprint density at radius 1 is 0.889 bits per heavy atom. The Kier molecular flexibility index (Phi) is 4.24. The molecule has 0 aliphatic rings. The first-order valence-corrected chi connectivity index (χ1v) is 6.40. The van der Waals surface area contributed by atoms with Gasteiger partial charge in [-0.15, -0.1) is 0 Å². The number of nitrogens with zero attached hydrogens (tertiary/aromatic N) is 1. The highest BCUT2D eigenvalue weighted by atomic mass is 16.5. The molecule has 2 rings (SSSR count). The molecule has 0 heterocycles. The van der Waals surface area contributed by atoms with Crippen molar-refractivity contribution in [3.63, 3.8) is 0 Å². The number of hydrogen-bond donors (Lipinski definition) is 0. The van der Waals surface area contributed by atoms with E-state index in [4.69, 9.17) is 4.74 Å². The Balaban J connectivity index is 2.30. The van der Waals surface area contributed by atoms with Crippen molar-refractivity contribution < 1.29 is 4.74 Å². The molecule has 0 unspecified atom stereocenters. The Morgan fingerprint density at radius 3 is 2.28 bits per heavy atom. The number of rotatable bonds is 5. The van der Waals surface area contributed by atoms with E-state index in [0.717, 1.165) is 18.0 Å². The van der Waals surface area contributed by atoms with Gasteiger partial charge in [0.15, 0.2) is 0 Å². The number of benzene rings is 2. The molecule has 0 aliphatic carbocycles. The third-order valence-corrected chi connectivity index (χ3v) is 2.82. The lowest BCUT2D eigenvalue weighted by molar-refractivity contribution is 0.340. The predicted octanol–water partition coefficient (Wildman–Crippen LogP) is 4.24. The molecule has 94 valence electrons. The highest BCUT2D eigenvalue weighted by Gasteiger charge is 2.07. The maximum absolute atomic E-state index is 5.55.